The molecule has 4 rings (SSSR count). The van der Waals surface area contributed by atoms with Gasteiger partial charge in [0.25, 0.3) is 11.5 Å². The van der Waals surface area contributed by atoms with E-state index in [9.17, 15) is 24.2 Å². The van der Waals surface area contributed by atoms with Gasteiger partial charge in [0.15, 0.2) is 0 Å². The van der Waals surface area contributed by atoms with Crippen molar-refractivity contribution >= 4 is 16.9 Å². The fourth-order valence-corrected chi connectivity index (χ4v) is 4.33. The quantitative estimate of drug-likeness (QED) is 0.567. The zero-order valence-corrected chi connectivity index (χ0v) is 17.8. The van der Waals surface area contributed by atoms with Crippen LogP contribution < -0.4 is 10.9 Å². The van der Waals surface area contributed by atoms with Gasteiger partial charge in [-0.15, -0.1) is 0 Å². The average Bonchev–Trinajstić information content (AvgIpc) is 2.80. The number of nitrogens with one attached hydrogen (secondary N) is 1. The second-order valence-electron chi connectivity index (χ2n) is 8.69. The Balaban J connectivity index is 1.78. The van der Waals surface area contributed by atoms with Crippen molar-refractivity contribution in [1.29, 1.82) is 0 Å². The fraction of sp³-hybridized carbons (Fsp3) is 0.375. The Morgan fingerprint density at radius 1 is 1.25 bits per heavy atom. The van der Waals surface area contributed by atoms with E-state index < -0.39 is 28.6 Å². The number of benzene rings is 1. The SMILES string of the molecule is C[C@H]1CC[C@](CO)(NC(=O)c2c(O)c3cccnc3n(Cc3ccc(F)cc3)c2=O)CC1. The highest BCUT2D eigenvalue weighted by atomic mass is 19.1. The minimum atomic E-state index is -0.825. The van der Waals surface area contributed by atoms with Crippen molar-refractivity contribution in [2.24, 2.45) is 5.92 Å². The maximum absolute atomic E-state index is 13.4. The van der Waals surface area contributed by atoms with Crippen LogP contribution in [0.15, 0.2) is 47.4 Å². The summed E-state index contributed by atoms with van der Waals surface area (Å²) < 4.78 is 14.6. The number of aliphatic hydroxyl groups is 1. The lowest BCUT2D eigenvalue weighted by Crippen LogP contribution is -2.54. The second-order valence-corrected chi connectivity index (χ2v) is 8.69. The minimum Gasteiger partial charge on any atom is -0.506 e. The summed E-state index contributed by atoms with van der Waals surface area (Å²) >= 11 is 0. The van der Waals surface area contributed by atoms with Gasteiger partial charge in [-0.05, 0) is 61.4 Å². The van der Waals surface area contributed by atoms with Gasteiger partial charge in [0.1, 0.15) is 22.8 Å². The van der Waals surface area contributed by atoms with Crippen LogP contribution in [0.5, 0.6) is 5.75 Å². The Kier molecular flexibility index (Phi) is 5.97. The second kappa shape index (κ2) is 8.70. The Morgan fingerprint density at radius 3 is 2.59 bits per heavy atom. The van der Waals surface area contributed by atoms with Crippen molar-refractivity contribution < 1.29 is 19.4 Å². The zero-order chi connectivity index (χ0) is 22.9. The number of amides is 1. The number of halogens is 1. The number of hydrogen-bond donors (Lipinski definition) is 3. The van der Waals surface area contributed by atoms with E-state index in [4.69, 9.17) is 0 Å². The number of pyridine rings is 2. The maximum Gasteiger partial charge on any atom is 0.269 e. The third-order valence-corrected chi connectivity index (χ3v) is 6.39. The smallest absolute Gasteiger partial charge is 0.269 e. The molecule has 3 aromatic rings. The molecule has 0 aliphatic heterocycles. The van der Waals surface area contributed by atoms with Gasteiger partial charge in [0.05, 0.1) is 24.1 Å². The summed E-state index contributed by atoms with van der Waals surface area (Å²) in [6, 6.07) is 8.87. The lowest BCUT2D eigenvalue weighted by molar-refractivity contribution is 0.0713. The number of carbonyl (C=O) groups excluding carboxylic acids is 1. The van der Waals surface area contributed by atoms with Crippen LogP contribution in [0, 0.1) is 11.7 Å². The molecule has 2 heterocycles. The molecule has 1 aliphatic rings. The number of aromatic nitrogens is 2. The van der Waals surface area contributed by atoms with Crippen molar-refractivity contribution in [3.8, 4) is 5.75 Å². The van der Waals surface area contributed by atoms with E-state index in [0.717, 1.165) is 12.8 Å². The normalized spacial score (nSPS) is 20.9. The van der Waals surface area contributed by atoms with Crippen LogP contribution in [0.1, 0.15) is 48.5 Å². The van der Waals surface area contributed by atoms with E-state index in [1.54, 1.807) is 24.3 Å². The molecular weight excluding hydrogens is 413 g/mol. The number of fused-ring (bicyclic) bond motifs is 1. The van der Waals surface area contributed by atoms with Gasteiger partial charge in [0, 0.05) is 6.20 Å². The molecule has 8 heteroatoms. The van der Waals surface area contributed by atoms with Crippen LogP contribution in [-0.2, 0) is 6.54 Å². The molecular formula is C24H26FN3O4. The molecule has 0 saturated heterocycles. The summed E-state index contributed by atoms with van der Waals surface area (Å²) in [5.41, 5.74) is -1.05. The number of aromatic hydroxyl groups is 1. The van der Waals surface area contributed by atoms with E-state index in [1.807, 2.05) is 0 Å². The van der Waals surface area contributed by atoms with Crippen LogP contribution in [-0.4, -0.2) is 37.8 Å². The molecule has 1 amide bonds. The highest BCUT2D eigenvalue weighted by Gasteiger charge is 2.36. The van der Waals surface area contributed by atoms with Gasteiger partial charge in [0.2, 0.25) is 0 Å². The number of nitrogens with zero attached hydrogens (tertiary/aromatic N) is 2. The molecule has 0 radical (unpaired) electrons. The van der Waals surface area contributed by atoms with Crippen LogP contribution in [0.4, 0.5) is 4.39 Å². The van der Waals surface area contributed by atoms with E-state index in [-0.39, 0.29) is 29.7 Å². The van der Waals surface area contributed by atoms with Gasteiger partial charge >= 0.3 is 0 Å². The van der Waals surface area contributed by atoms with E-state index in [0.29, 0.717) is 24.3 Å². The molecule has 168 valence electrons. The van der Waals surface area contributed by atoms with Crippen LogP contribution in [0.25, 0.3) is 11.0 Å². The third-order valence-electron chi connectivity index (χ3n) is 6.39. The van der Waals surface area contributed by atoms with Crippen LogP contribution in [0.3, 0.4) is 0 Å². The van der Waals surface area contributed by atoms with Crippen molar-refractivity contribution in [3.63, 3.8) is 0 Å². The van der Waals surface area contributed by atoms with E-state index in [2.05, 4.69) is 17.2 Å². The standard InChI is InChI=1S/C24H26FN3O4/c1-15-8-10-24(14-29,11-9-15)27-22(31)19-20(30)18-3-2-12-26-21(18)28(23(19)32)13-16-4-6-17(25)7-5-16/h2-7,12,15,29-30H,8-11,13-14H2,1H3,(H,27,31)/t15-,24-. The van der Waals surface area contributed by atoms with Crippen molar-refractivity contribution in [2.75, 3.05) is 6.61 Å². The summed E-state index contributed by atoms with van der Waals surface area (Å²) in [4.78, 5) is 30.8. The van der Waals surface area contributed by atoms with Crippen LogP contribution in [0.2, 0.25) is 0 Å². The monoisotopic (exact) mass is 439 g/mol. The van der Waals surface area contributed by atoms with Crippen molar-refractivity contribution in [3.05, 3.63) is 69.9 Å². The summed E-state index contributed by atoms with van der Waals surface area (Å²) in [5.74, 6) is -1.07. The van der Waals surface area contributed by atoms with Gasteiger partial charge in [-0.25, -0.2) is 9.37 Å². The summed E-state index contributed by atoms with van der Waals surface area (Å²) in [7, 11) is 0. The maximum atomic E-state index is 13.4. The third kappa shape index (κ3) is 4.10. The molecule has 0 unspecified atom stereocenters. The highest BCUT2D eigenvalue weighted by molar-refractivity contribution is 6.02. The van der Waals surface area contributed by atoms with Crippen LogP contribution >= 0.6 is 0 Å². The Morgan fingerprint density at radius 2 is 1.94 bits per heavy atom. The zero-order valence-electron chi connectivity index (χ0n) is 17.8. The first-order valence-electron chi connectivity index (χ1n) is 10.7. The van der Waals surface area contributed by atoms with E-state index >= 15 is 0 Å². The minimum absolute atomic E-state index is 0.0514. The molecule has 7 nitrogen and oxygen atoms in total. The lowest BCUT2D eigenvalue weighted by atomic mass is 9.77. The average molecular weight is 439 g/mol. The predicted molar refractivity (Wildman–Crippen MR) is 118 cm³/mol. The van der Waals surface area contributed by atoms with Gasteiger partial charge in [-0.3, -0.25) is 14.2 Å². The molecule has 1 aromatic carbocycles. The van der Waals surface area contributed by atoms with E-state index in [1.165, 1.54) is 22.9 Å². The van der Waals surface area contributed by atoms with Crippen molar-refractivity contribution in [1.82, 2.24) is 14.9 Å². The first kappa shape index (κ1) is 22.0. The first-order valence-corrected chi connectivity index (χ1v) is 10.7. The first-order chi connectivity index (χ1) is 15.3. The number of carbonyl (C=O) groups is 1. The summed E-state index contributed by atoms with van der Waals surface area (Å²) in [6.45, 7) is 1.93. The Bertz CT molecular complexity index is 1200. The Labute approximate surface area is 184 Å². The molecule has 0 spiro atoms. The molecule has 1 aliphatic carbocycles. The topological polar surface area (TPSA) is 104 Å². The molecule has 0 bridgehead atoms. The molecule has 3 N–H and O–H groups in total. The molecule has 2 aromatic heterocycles. The summed E-state index contributed by atoms with van der Waals surface area (Å²) in [5, 5.41) is 23.9. The highest BCUT2D eigenvalue weighted by Crippen LogP contribution is 2.33. The molecule has 1 fully saturated rings. The van der Waals surface area contributed by atoms with Gasteiger partial charge < -0.3 is 15.5 Å². The number of aliphatic hydroxyl groups excluding tert-OH is 1. The largest absolute Gasteiger partial charge is 0.506 e. The van der Waals surface area contributed by atoms with Gasteiger partial charge in [-0.2, -0.15) is 0 Å². The lowest BCUT2D eigenvalue weighted by Gasteiger charge is -2.38. The van der Waals surface area contributed by atoms with Crippen molar-refractivity contribution in [2.45, 2.75) is 44.7 Å². The predicted octanol–water partition coefficient (Wildman–Crippen LogP) is 2.96. The fourth-order valence-electron chi connectivity index (χ4n) is 4.33. The van der Waals surface area contributed by atoms with Gasteiger partial charge in [-0.1, -0.05) is 19.1 Å². The summed E-state index contributed by atoms with van der Waals surface area (Å²) in [6.07, 6.45) is 4.38. The molecule has 1 saturated carbocycles. The molecule has 0 atom stereocenters. The Hall–Kier alpha value is -3.26. The number of rotatable bonds is 5. The number of hydrogen-bond acceptors (Lipinski definition) is 5. The molecule has 32 heavy (non-hydrogen) atoms.